The lowest BCUT2D eigenvalue weighted by Gasteiger charge is -2.08. The molecule has 0 radical (unpaired) electrons. The number of aromatic nitrogens is 1. The largest absolute Gasteiger partial charge is 0.439 e. The number of pyridine rings is 1. The Kier molecular flexibility index (Phi) is 10.6. The Balaban J connectivity index is 0.00000264. The van der Waals surface area contributed by atoms with Crippen molar-refractivity contribution in [2.75, 3.05) is 6.54 Å². The minimum absolute atomic E-state index is 0. The van der Waals surface area contributed by atoms with E-state index in [4.69, 9.17) is 10.5 Å². The topological polar surface area (TPSA) is 77.2 Å². The summed E-state index contributed by atoms with van der Waals surface area (Å²) < 4.78 is 6.54. The summed E-state index contributed by atoms with van der Waals surface area (Å²) in [6.45, 7) is 2.45. The second-order valence-electron chi connectivity index (χ2n) is 4.97. The number of nitrogens with two attached hydrogens (primary N) is 1. The number of hydrogen-bond acceptors (Lipinski definition) is 4. The summed E-state index contributed by atoms with van der Waals surface area (Å²) in [6, 6.07) is 10.9. The fourth-order valence-electron chi connectivity index (χ4n) is 1.74. The highest BCUT2D eigenvalue weighted by Crippen LogP contribution is 2.22. The maximum atomic E-state index is 11.9. The SMILES string of the molecule is CC(N)CCNC(=O)c1ccc(Oc2cccc(Br)c2)nc1.Cl.Cl. The molecule has 0 spiro atoms. The van der Waals surface area contributed by atoms with Gasteiger partial charge in [-0.3, -0.25) is 4.79 Å². The predicted molar refractivity (Wildman–Crippen MR) is 104 cm³/mol. The van der Waals surface area contributed by atoms with Crippen LogP contribution in [0.5, 0.6) is 11.6 Å². The molecule has 3 N–H and O–H groups in total. The van der Waals surface area contributed by atoms with Gasteiger partial charge >= 0.3 is 0 Å². The van der Waals surface area contributed by atoms with Crippen molar-refractivity contribution in [1.29, 1.82) is 0 Å². The van der Waals surface area contributed by atoms with Crippen LogP contribution >= 0.6 is 40.7 Å². The normalized spacial score (nSPS) is 10.8. The van der Waals surface area contributed by atoms with Gasteiger partial charge < -0.3 is 15.8 Å². The molecule has 2 aromatic rings. The van der Waals surface area contributed by atoms with Gasteiger partial charge in [-0.2, -0.15) is 0 Å². The molecule has 1 aromatic heterocycles. The minimum Gasteiger partial charge on any atom is -0.439 e. The lowest BCUT2D eigenvalue weighted by Crippen LogP contribution is -2.28. The van der Waals surface area contributed by atoms with E-state index in [0.29, 0.717) is 23.7 Å². The number of hydrogen-bond donors (Lipinski definition) is 2. The van der Waals surface area contributed by atoms with Gasteiger partial charge in [0.15, 0.2) is 0 Å². The van der Waals surface area contributed by atoms with Crippen molar-refractivity contribution in [3.63, 3.8) is 0 Å². The fraction of sp³-hybridized carbons (Fsp3) is 0.250. The predicted octanol–water partition coefficient (Wildman–Crippen LogP) is 3.95. The molecule has 1 amide bonds. The van der Waals surface area contributed by atoms with Crippen molar-refractivity contribution in [3.05, 3.63) is 52.6 Å². The summed E-state index contributed by atoms with van der Waals surface area (Å²) >= 11 is 3.38. The molecular formula is C16H20BrCl2N3O2. The van der Waals surface area contributed by atoms with Crippen LogP contribution in [0.2, 0.25) is 0 Å². The number of rotatable bonds is 6. The Morgan fingerprint density at radius 2 is 2.08 bits per heavy atom. The van der Waals surface area contributed by atoms with Gasteiger partial charge in [0.1, 0.15) is 5.75 Å². The second kappa shape index (κ2) is 11.3. The van der Waals surface area contributed by atoms with Gasteiger partial charge in [0.2, 0.25) is 5.88 Å². The quantitative estimate of drug-likeness (QED) is 0.718. The van der Waals surface area contributed by atoms with E-state index in [9.17, 15) is 4.79 Å². The summed E-state index contributed by atoms with van der Waals surface area (Å²) in [5, 5.41) is 2.80. The van der Waals surface area contributed by atoms with Crippen LogP contribution < -0.4 is 15.8 Å². The molecule has 0 saturated carbocycles. The van der Waals surface area contributed by atoms with Crippen molar-refractivity contribution in [2.24, 2.45) is 5.73 Å². The van der Waals surface area contributed by atoms with E-state index in [1.165, 1.54) is 6.20 Å². The summed E-state index contributed by atoms with van der Waals surface area (Å²) in [7, 11) is 0. The van der Waals surface area contributed by atoms with E-state index in [1.807, 2.05) is 31.2 Å². The van der Waals surface area contributed by atoms with Gasteiger partial charge in [-0.1, -0.05) is 22.0 Å². The number of carbonyl (C=O) groups excluding carboxylic acids is 1. The number of nitrogens with one attached hydrogen (secondary N) is 1. The first-order valence-corrected chi connectivity index (χ1v) is 7.77. The van der Waals surface area contributed by atoms with Crippen LogP contribution in [-0.4, -0.2) is 23.5 Å². The van der Waals surface area contributed by atoms with E-state index in [1.54, 1.807) is 12.1 Å². The minimum atomic E-state index is -0.165. The molecule has 1 atom stereocenters. The van der Waals surface area contributed by atoms with Crippen molar-refractivity contribution >= 4 is 46.7 Å². The zero-order valence-corrected chi connectivity index (χ0v) is 16.3. The first kappa shape index (κ1) is 22.7. The fourth-order valence-corrected chi connectivity index (χ4v) is 2.12. The summed E-state index contributed by atoms with van der Waals surface area (Å²) in [6.07, 6.45) is 2.23. The average Bonchev–Trinajstić information content (AvgIpc) is 2.47. The highest BCUT2D eigenvalue weighted by molar-refractivity contribution is 9.10. The number of nitrogens with zero attached hydrogens (tertiary/aromatic N) is 1. The third-order valence-electron chi connectivity index (χ3n) is 2.90. The van der Waals surface area contributed by atoms with Crippen LogP contribution in [0.4, 0.5) is 0 Å². The maximum absolute atomic E-state index is 11.9. The molecule has 1 unspecified atom stereocenters. The van der Waals surface area contributed by atoms with Gasteiger partial charge in [-0.25, -0.2) is 4.98 Å². The molecular weight excluding hydrogens is 417 g/mol. The van der Waals surface area contributed by atoms with Crippen LogP contribution in [0.3, 0.4) is 0 Å². The standard InChI is InChI=1S/C16H18BrN3O2.2ClH/c1-11(18)7-8-19-16(21)12-5-6-15(20-10-12)22-14-4-2-3-13(17)9-14;;/h2-6,9-11H,7-8,18H2,1H3,(H,19,21);2*1H. The van der Waals surface area contributed by atoms with Crippen LogP contribution in [-0.2, 0) is 0 Å². The second-order valence-corrected chi connectivity index (χ2v) is 5.88. The van der Waals surface area contributed by atoms with Crippen LogP contribution in [0.15, 0.2) is 47.1 Å². The zero-order chi connectivity index (χ0) is 15.9. The molecule has 0 aliphatic rings. The van der Waals surface area contributed by atoms with Crippen molar-refractivity contribution in [1.82, 2.24) is 10.3 Å². The first-order valence-electron chi connectivity index (χ1n) is 6.98. The molecule has 24 heavy (non-hydrogen) atoms. The van der Waals surface area contributed by atoms with Gasteiger partial charge in [0.05, 0.1) is 5.56 Å². The van der Waals surface area contributed by atoms with E-state index < -0.39 is 0 Å². The molecule has 2 rings (SSSR count). The highest BCUT2D eigenvalue weighted by Gasteiger charge is 2.07. The third-order valence-corrected chi connectivity index (χ3v) is 3.40. The monoisotopic (exact) mass is 435 g/mol. The highest BCUT2D eigenvalue weighted by atomic mass is 79.9. The van der Waals surface area contributed by atoms with Crippen molar-refractivity contribution in [2.45, 2.75) is 19.4 Å². The van der Waals surface area contributed by atoms with Gasteiger partial charge in [0, 0.05) is 29.3 Å². The molecule has 0 fully saturated rings. The summed E-state index contributed by atoms with van der Waals surface area (Å²) in [5.41, 5.74) is 6.13. The van der Waals surface area contributed by atoms with Crippen LogP contribution in [0.1, 0.15) is 23.7 Å². The van der Waals surface area contributed by atoms with Gasteiger partial charge in [0.25, 0.3) is 5.91 Å². The molecule has 0 aliphatic heterocycles. The number of amides is 1. The van der Waals surface area contributed by atoms with Gasteiger partial charge in [-0.05, 0) is 37.6 Å². The number of benzene rings is 1. The molecule has 132 valence electrons. The molecule has 8 heteroatoms. The Morgan fingerprint density at radius 1 is 1.33 bits per heavy atom. The molecule has 5 nitrogen and oxygen atoms in total. The molecule has 0 aliphatic carbocycles. The van der Waals surface area contributed by atoms with E-state index in [-0.39, 0.29) is 36.8 Å². The molecule has 1 heterocycles. The Labute approximate surface area is 162 Å². The van der Waals surface area contributed by atoms with Crippen molar-refractivity contribution in [3.8, 4) is 11.6 Å². The lowest BCUT2D eigenvalue weighted by atomic mass is 10.2. The Hall–Kier alpha value is -1.34. The Morgan fingerprint density at radius 3 is 2.67 bits per heavy atom. The summed E-state index contributed by atoms with van der Waals surface area (Å²) in [4.78, 5) is 16.0. The summed E-state index contributed by atoms with van der Waals surface area (Å²) in [5.74, 6) is 0.948. The number of halogens is 3. The first-order chi connectivity index (χ1) is 10.5. The van der Waals surface area contributed by atoms with E-state index in [2.05, 4.69) is 26.2 Å². The number of ether oxygens (including phenoxy) is 1. The van der Waals surface area contributed by atoms with Crippen molar-refractivity contribution < 1.29 is 9.53 Å². The molecule has 1 aromatic carbocycles. The molecule has 0 bridgehead atoms. The van der Waals surface area contributed by atoms with Gasteiger partial charge in [-0.15, -0.1) is 24.8 Å². The van der Waals surface area contributed by atoms with E-state index in [0.717, 1.165) is 10.9 Å². The smallest absolute Gasteiger partial charge is 0.252 e. The molecule has 0 saturated heterocycles. The van der Waals surface area contributed by atoms with E-state index >= 15 is 0 Å². The third kappa shape index (κ3) is 7.49. The Bertz CT molecular complexity index is 639. The number of carbonyl (C=O) groups is 1. The maximum Gasteiger partial charge on any atom is 0.252 e. The van der Waals surface area contributed by atoms with Crippen LogP contribution in [0, 0.1) is 0 Å². The lowest BCUT2D eigenvalue weighted by molar-refractivity contribution is 0.0952. The zero-order valence-electron chi connectivity index (χ0n) is 13.1. The van der Waals surface area contributed by atoms with Crippen LogP contribution in [0.25, 0.3) is 0 Å². The average molecular weight is 437 g/mol.